The molecule has 1 aromatic heterocycles. The second kappa shape index (κ2) is 8.78. The molecule has 1 amide bonds. The quantitative estimate of drug-likeness (QED) is 0.220. The lowest BCUT2D eigenvalue weighted by Crippen LogP contribution is -2.34. The van der Waals surface area contributed by atoms with Crippen LogP contribution in [0.25, 0.3) is 22.6 Å². The molecule has 0 saturated heterocycles. The van der Waals surface area contributed by atoms with Gasteiger partial charge in [0.15, 0.2) is 10.7 Å². The molecule has 9 heteroatoms. The van der Waals surface area contributed by atoms with Crippen molar-refractivity contribution in [2.75, 3.05) is 5.32 Å². The van der Waals surface area contributed by atoms with Crippen LogP contribution >= 0.6 is 50.7 Å². The Morgan fingerprint density at radius 3 is 2.63 bits per heavy atom. The van der Waals surface area contributed by atoms with Crippen molar-refractivity contribution in [1.29, 1.82) is 0 Å². The fraction of sp³-hybridized carbons (Fsp3) is 0. The number of anilines is 1. The van der Waals surface area contributed by atoms with Crippen LogP contribution in [0.3, 0.4) is 0 Å². The van der Waals surface area contributed by atoms with Gasteiger partial charge in [-0.15, -0.1) is 0 Å². The number of nitrogens with zero attached hydrogens (tertiary/aromatic N) is 1. The molecule has 30 heavy (non-hydrogen) atoms. The van der Waals surface area contributed by atoms with E-state index < -0.39 is 11.7 Å². The molecule has 0 atom stereocenters. The SMILES string of the molecule is O=C(NC(=S)Nc1ccc2oc(-c3cc(I)ccc3Br)nc2c1)c1ccc(F)cc1. The van der Waals surface area contributed by atoms with Crippen LogP contribution in [-0.2, 0) is 0 Å². The zero-order chi connectivity index (χ0) is 21.3. The van der Waals surface area contributed by atoms with Gasteiger partial charge in [0.1, 0.15) is 11.3 Å². The summed E-state index contributed by atoms with van der Waals surface area (Å²) in [6.45, 7) is 0. The van der Waals surface area contributed by atoms with Crippen LogP contribution in [0.4, 0.5) is 10.1 Å². The summed E-state index contributed by atoms with van der Waals surface area (Å²) in [4.78, 5) is 16.8. The van der Waals surface area contributed by atoms with Crippen molar-refractivity contribution in [1.82, 2.24) is 10.3 Å². The van der Waals surface area contributed by atoms with Crippen LogP contribution in [-0.4, -0.2) is 16.0 Å². The van der Waals surface area contributed by atoms with E-state index in [0.29, 0.717) is 28.2 Å². The van der Waals surface area contributed by atoms with Gasteiger partial charge in [0.25, 0.3) is 5.91 Å². The van der Waals surface area contributed by atoms with Crippen LogP contribution in [0.15, 0.2) is 69.6 Å². The van der Waals surface area contributed by atoms with Gasteiger partial charge in [-0.1, -0.05) is 0 Å². The van der Waals surface area contributed by atoms with Crippen molar-refractivity contribution in [3.8, 4) is 11.5 Å². The molecule has 0 aliphatic rings. The number of benzene rings is 3. The molecule has 0 spiro atoms. The highest BCUT2D eigenvalue weighted by Gasteiger charge is 2.13. The zero-order valence-corrected chi connectivity index (χ0v) is 19.6. The van der Waals surface area contributed by atoms with Crippen molar-refractivity contribution in [2.24, 2.45) is 0 Å². The van der Waals surface area contributed by atoms with Crippen molar-refractivity contribution in [2.45, 2.75) is 0 Å². The maximum absolute atomic E-state index is 13.0. The number of hydrogen-bond donors (Lipinski definition) is 2. The number of carbonyl (C=O) groups excluding carboxylic acids is 1. The number of fused-ring (bicyclic) bond motifs is 1. The zero-order valence-electron chi connectivity index (χ0n) is 15.1. The van der Waals surface area contributed by atoms with Gasteiger partial charge in [0, 0.05) is 19.3 Å². The summed E-state index contributed by atoms with van der Waals surface area (Å²) < 4.78 is 20.8. The van der Waals surface area contributed by atoms with Gasteiger partial charge in [0.2, 0.25) is 5.89 Å². The first-order chi connectivity index (χ1) is 14.4. The molecule has 1 heterocycles. The number of oxazole rings is 1. The molecule has 0 unspecified atom stereocenters. The summed E-state index contributed by atoms with van der Waals surface area (Å²) in [6.07, 6.45) is 0. The molecule has 4 aromatic rings. The molecule has 4 rings (SSSR count). The Morgan fingerprint density at radius 2 is 1.87 bits per heavy atom. The summed E-state index contributed by atoms with van der Waals surface area (Å²) in [5.74, 6) is -0.342. The Morgan fingerprint density at radius 1 is 1.10 bits per heavy atom. The number of amides is 1. The molecule has 3 aromatic carbocycles. The van der Waals surface area contributed by atoms with E-state index in [2.05, 4.69) is 54.1 Å². The Labute approximate surface area is 198 Å². The fourth-order valence-electron chi connectivity index (χ4n) is 2.72. The van der Waals surface area contributed by atoms with E-state index in [0.717, 1.165) is 13.6 Å². The molecule has 0 radical (unpaired) electrons. The van der Waals surface area contributed by atoms with Crippen LogP contribution in [0.5, 0.6) is 0 Å². The minimum atomic E-state index is -0.430. The molecule has 0 aliphatic carbocycles. The third-order valence-electron chi connectivity index (χ3n) is 4.14. The third kappa shape index (κ3) is 4.68. The molecule has 0 saturated carbocycles. The summed E-state index contributed by atoms with van der Waals surface area (Å²) in [5, 5.41) is 5.63. The lowest BCUT2D eigenvalue weighted by molar-refractivity contribution is 0.0977. The van der Waals surface area contributed by atoms with E-state index in [4.69, 9.17) is 16.6 Å². The molecule has 5 nitrogen and oxygen atoms in total. The number of aromatic nitrogens is 1. The van der Waals surface area contributed by atoms with Crippen molar-refractivity contribution in [3.05, 3.63) is 80.1 Å². The summed E-state index contributed by atoms with van der Waals surface area (Å²) in [6, 6.07) is 16.5. The molecule has 0 fully saturated rings. The smallest absolute Gasteiger partial charge is 0.257 e. The number of nitrogens with one attached hydrogen (secondary N) is 2. The highest BCUT2D eigenvalue weighted by molar-refractivity contribution is 14.1. The number of hydrogen-bond acceptors (Lipinski definition) is 4. The minimum Gasteiger partial charge on any atom is -0.436 e. The van der Waals surface area contributed by atoms with Crippen molar-refractivity contribution in [3.63, 3.8) is 0 Å². The standard InChI is InChI=1S/C21H12BrFIN3O2S/c22-16-7-5-13(24)9-15(16)20-26-17-10-14(6-8-18(17)29-20)25-21(30)27-19(28)11-1-3-12(23)4-2-11/h1-10H,(H2,25,27,28,30). The predicted octanol–water partition coefficient (Wildman–Crippen LogP) is 6.13. The summed E-state index contributed by atoms with van der Waals surface area (Å²) >= 11 is 11.0. The lowest BCUT2D eigenvalue weighted by Gasteiger charge is -2.09. The first-order valence-electron chi connectivity index (χ1n) is 8.63. The number of halogens is 3. The Bertz CT molecular complexity index is 1280. The van der Waals surface area contributed by atoms with Gasteiger partial charge < -0.3 is 9.73 Å². The topological polar surface area (TPSA) is 67.2 Å². The maximum atomic E-state index is 13.0. The van der Waals surface area contributed by atoms with Gasteiger partial charge in [-0.3, -0.25) is 10.1 Å². The second-order valence-electron chi connectivity index (χ2n) is 6.24. The summed E-state index contributed by atoms with van der Waals surface area (Å²) in [5.41, 5.74) is 3.08. The van der Waals surface area contributed by atoms with Crippen LogP contribution < -0.4 is 10.6 Å². The molecule has 0 bridgehead atoms. The average molecular weight is 596 g/mol. The summed E-state index contributed by atoms with van der Waals surface area (Å²) in [7, 11) is 0. The van der Waals surface area contributed by atoms with E-state index in [1.165, 1.54) is 24.3 Å². The normalized spacial score (nSPS) is 10.8. The van der Waals surface area contributed by atoms with Crippen LogP contribution in [0.1, 0.15) is 10.4 Å². The van der Waals surface area contributed by atoms with E-state index >= 15 is 0 Å². The first kappa shape index (κ1) is 20.9. The Kier molecular flexibility index (Phi) is 6.11. The maximum Gasteiger partial charge on any atom is 0.257 e. The van der Waals surface area contributed by atoms with Crippen molar-refractivity contribution < 1.29 is 13.6 Å². The van der Waals surface area contributed by atoms with Crippen molar-refractivity contribution >= 4 is 78.5 Å². The monoisotopic (exact) mass is 595 g/mol. The van der Waals surface area contributed by atoms with Gasteiger partial charge in [-0.2, -0.15) is 0 Å². The Hall–Kier alpha value is -2.37. The minimum absolute atomic E-state index is 0.118. The van der Waals surface area contributed by atoms with E-state index in [1.807, 2.05) is 18.2 Å². The Balaban J connectivity index is 1.51. The van der Waals surface area contributed by atoms with Gasteiger partial charge in [-0.05, 0) is 111 Å². The largest absolute Gasteiger partial charge is 0.436 e. The molecular weight excluding hydrogens is 584 g/mol. The van der Waals surface area contributed by atoms with Gasteiger partial charge in [-0.25, -0.2) is 9.37 Å². The highest BCUT2D eigenvalue weighted by Crippen LogP contribution is 2.32. The number of carbonyl (C=O) groups is 1. The molecule has 0 aliphatic heterocycles. The average Bonchev–Trinajstić information content (AvgIpc) is 3.13. The number of thiocarbonyl (C=S) groups is 1. The number of rotatable bonds is 3. The first-order valence-corrected chi connectivity index (χ1v) is 10.9. The van der Waals surface area contributed by atoms with Crippen LogP contribution in [0, 0.1) is 9.39 Å². The van der Waals surface area contributed by atoms with E-state index in [-0.39, 0.29) is 5.11 Å². The third-order valence-corrected chi connectivity index (χ3v) is 5.70. The fourth-order valence-corrected chi connectivity index (χ4v) is 3.84. The van der Waals surface area contributed by atoms with Gasteiger partial charge >= 0.3 is 0 Å². The second-order valence-corrected chi connectivity index (χ2v) is 8.75. The molecule has 150 valence electrons. The predicted molar refractivity (Wildman–Crippen MR) is 130 cm³/mol. The molecular formula is C21H12BrFIN3O2S. The van der Waals surface area contributed by atoms with Crippen LogP contribution in [0.2, 0.25) is 0 Å². The highest BCUT2D eigenvalue weighted by atomic mass is 127. The van der Waals surface area contributed by atoms with E-state index in [9.17, 15) is 9.18 Å². The lowest BCUT2D eigenvalue weighted by atomic mass is 10.2. The van der Waals surface area contributed by atoms with Gasteiger partial charge in [0.05, 0.1) is 5.56 Å². The molecule has 2 N–H and O–H groups in total. The van der Waals surface area contributed by atoms with E-state index in [1.54, 1.807) is 18.2 Å².